The molecule has 21 heavy (non-hydrogen) atoms. The summed E-state index contributed by atoms with van der Waals surface area (Å²) in [5, 5.41) is 2.49. The van der Waals surface area contributed by atoms with Crippen molar-refractivity contribution in [3.05, 3.63) is 35.9 Å². The summed E-state index contributed by atoms with van der Waals surface area (Å²) in [7, 11) is 0. The van der Waals surface area contributed by atoms with E-state index in [-0.39, 0.29) is 12.3 Å². The lowest BCUT2D eigenvalue weighted by Gasteiger charge is -2.29. The number of amides is 2. The van der Waals surface area contributed by atoms with E-state index in [4.69, 9.17) is 17.2 Å². The van der Waals surface area contributed by atoms with Gasteiger partial charge in [-0.1, -0.05) is 44.2 Å². The van der Waals surface area contributed by atoms with E-state index in [2.05, 4.69) is 5.32 Å². The fourth-order valence-corrected chi connectivity index (χ4v) is 2.04. The van der Waals surface area contributed by atoms with Crippen molar-refractivity contribution in [2.45, 2.75) is 38.4 Å². The minimum atomic E-state index is -1.65. The normalized spacial score (nSPS) is 15.3. The molecule has 2 amide bonds. The van der Waals surface area contributed by atoms with Gasteiger partial charge in [-0.2, -0.15) is 0 Å². The van der Waals surface area contributed by atoms with Gasteiger partial charge in [0.15, 0.2) is 5.66 Å². The minimum Gasteiger partial charge on any atom is -0.366 e. The molecule has 0 radical (unpaired) electrons. The number of carbonyl (C=O) groups excluding carboxylic acids is 2. The average molecular weight is 292 g/mol. The van der Waals surface area contributed by atoms with Crippen molar-refractivity contribution in [3.63, 3.8) is 0 Å². The predicted octanol–water partition coefficient (Wildman–Crippen LogP) is -0.141. The highest BCUT2D eigenvalue weighted by molar-refractivity contribution is 5.91. The minimum absolute atomic E-state index is 0.114. The number of carbonyl (C=O) groups is 2. The number of nitrogens with one attached hydrogen (secondary N) is 1. The molecule has 2 unspecified atom stereocenters. The Morgan fingerprint density at radius 1 is 1.24 bits per heavy atom. The van der Waals surface area contributed by atoms with Gasteiger partial charge < -0.3 is 22.5 Å². The van der Waals surface area contributed by atoms with Gasteiger partial charge in [-0.15, -0.1) is 0 Å². The lowest BCUT2D eigenvalue weighted by atomic mass is 9.98. The maximum atomic E-state index is 12.1. The summed E-state index contributed by atoms with van der Waals surface area (Å²) >= 11 is 0. The molecule has 0 aliphatic rings. The van der Waals surface area contributed by atoms with E-state index < -0.39 is 23.5 Å². The van der Waals surface area contributed by atoms with E-state index in [9.17, 15) is 9.59 Å². The summed E-state index contributed by atoms with van der Waals surface area (Å²) < 4.78 is 0. The SMILES string of the molecule is CC(C)CC(N)C(=O)NC(N)(Cc1ccccc1)C(N)=O. The highest BCUT2D eigenvalue weighted by atomic mass is 16.2. The zero-order valence-electron chi connectivity index (χ0n) is 12.5. The summed E-state index contributed by atoms with van der Waals surface area (Å²) in [5.41, 5.74) is 16.3. The van der Waals surface area contributed by atoms with Crippen molar-refractivity contribution in [2.75, 3.05) is 0 Å². The molecule has 0 saturated carbocycles. The third kappa shape index (κ3) is 5.17. The summed E-state index contributed by atoms with van der Waals surface area (Å²) in [4.78, 5) is 23.7. The number of rotatable bonds is 7. The fraction of sp³-hybridized carbons (Fsp3) is 0.467. The van der Waals surface area contributed by atoms with Gasteiger partial charge >= 0.3 is 0 Å². The monoisotopic (exact) mass is 292 g/mol. The molecule has 0 saturated heterocycles. The predicted molar refractivity (Wildman–Crippen MR) is 81.8 cm³/mol. The Labute approximate surface area is 125 Å². The number of hydrogen-bond acceptors (Lipinski definition) is 4. The van der Waals surface area contributed by atoms with Crippen LogP contribution in [0.3, 0.4) is 0 Å². The Hall–Kier alpha value is -1.92. The van der Waals surface area contributed by atoms with Crippen LogP contribution >= 0.6 is 0 Å². The number of hydrogen-bond donors (Lipinski definition) is 4. The molecule has 1 aromatic carbocycles. The van der Waals surface area contributed by atoms with Gasteiger partial charge in [0.25, 0.3) is 5.91 Å². The second kappa shape index (κ2) is 7.19. The molecule has 2 atom stereocenters. The molecule has 0 heterocycles. The molecule has 0 spiro atoms. The van der Waals surface area contributed by atoms with Crippen LogP contribution in [0.2, 0.25) is 0 Å². The number of primary amides is 1. The second-order valence-electron chi connectivity index (χ2n) is 5.72. The van der Waals surface area contributed by atoms with Crippen molar-refractivity contribution in [3.8, 4) is 0 Å². The van der Waals surface area contributed by atoms with Gasteiger partial charge in [-0.25, -0.2) is 0 Å². The second-order valence-corrected chi connectivity index (χ2v) is 5.72. The quantitative estimate of drug-likeness (QED) is 0.522. The molecule has 0 fully saturated rings. The Bertz CT molecular complexity index is 490. The Morgan fingerprint density at radius 3 is 2.29 bits per heavy atom. The lowest BCUT2D eigenvalue weighted by molar-refractivity contribution is -0.132. The number of benzene rings is 1. The first-order valence-electron chi connectivity index (χ1n) is 6.95. The lowest BCUT2D eigenvalue weighted by Crippen LogP contribution is -2.67. The smallest absolute Gasteiger partial charge is 0.258 e. The molecule has 1 rings (SSSR count). The highest BCUT2D eigenvalue weighted by Gasteiger charge is 2.35. The molecular weight excluding hydrogens is 268 g/mol. The molecule has 6 nitrogen and oxygen atoms in total. The zero-order chi connectivity index (χ0) is 16.0. The van der Waals surface area contributed by atoms with E-state index in [1.165, 1.54) is 0 Å². The largest absolute Gasteiger partial charge is 0.366 e. The first-order chi connectivity index (χ1) is 9.74. The zero-order valence-corrected chi connectivity index (χ0v) is 12.5. The van der Waals surface area contributed by atoms with Crippen LogP contribution in [0.15, 0.2) is 30.3 Å². The third-order valence-electron chi connectivity index (χ3n) is 3.17. The van der Waals surface area contributed by atoms with Crippen molar-refractivity contribution < 1.29 is 9.59 Å². The molecule has 116 valence electrons. The van der Waals surface area contributed by atoms with Crippen LogP contribution in [0.25, 0.3) is 0 Å². The van der Waals surface area contributed by atoms with Crippen molar-refractivity contribution in [1.82, 2.24) is 5.32 Å². The molecular formula is C15H24N4O2. The standard InChI is InChI=1S/C15H24N4O2/c1-10(2)8-12(16)13(20)19-15(18,14(17)21)9-11-6-4-3-5-7-11/h3-7,10,12H,8-9,16,18H2,1-2H3,(H2,17,21)(H,19,20). The van der Waals surface area contributed by atoms with E-state index >= 15 is 0 Å². The first-order valence-corrected chi connectivity index (χ1v) is 6.95. The van der Waals surface area contributed by atoms with Crippen LogP contribution in [0.4, 0.5) is 0 Å². The Balaban J connectivity index is 2.81. The van der Waals surface area contributed by atoms with E-state index in [0.29, 0.717) is 6.42 Å². The summed E-state index contributed by atoms with van der Waals surface area (Å²) in [5.74, 6) is -1.00. The topological polar surface area (TPSA) is 124 Å². The molecule has 0 aromatic heterocycles. The van der Waals surface area contributed by atoms with Gasteiger partial charge in [0.05, 0.1) is 6.04 Å². The molecule has 6 heteroatoms. The van der Waals surface area contributed by atoms with Crippen LogP contribution in [0, 0.1) is 5.92 Å². The van der Waals surface area contributed by atoms with E-state index in [1.807, 2.05) is 44.2 Å². The molecule has 1 aromatic rings. The van der Waals surface area contributed by atoms with Gasteiger partial charge in [0, 0.05) is 6.42 Å². The van der Waals surface area contributed by atoms with E-state index in [0.717, 1.165) is 5.56 Å². The molecule has 0 aliphatic carbocycles. The fourth-order valence-electron chi connectivity index (χ4n) is 2.04. The van der Waals surface area contributed by atoms with Crippen molar-refractivity contribution in [1.29, 1.82) is 0 Å². The number of nitrogens with two attached hydrogens (primary N) is 3. The van der Waals surface area contributed by atoms with Crippen molar-refractivity contribution >= 4 is 11.8 Å². The molecule has 7 N–H and O–H groups in total. The summed E-state index contributed by atoms with van der Waals surface area (Å²) in [6, 6.07) is 8.40. The van der Waals surface area contributed by atoms with Gasteiger partial charge in [-0.05, 0) is 17.9 Å². The Morgan fingerprint density at radius 2 is 1.81 bits per heavy atom. The molecule has 0 bridgehead atoms. The summed E-state index contributed by atoms with van der Waals surface area (Å²) in [6.45, 7) is 3.92. The van der Waals surface area contributed by atoms with Crippen LogP contribution < -0.4 is 22.5 Å². The van der Waals surface area contributed by atoms with Crippen LogP contribution in [-0.2, 0) is 16.0 Å². The van der Waals surface area contributed by atoms with Crippen LogP contribution in [0.1, 0.15) is 25.8 Å². The average Bonchev–Trinajstić information content (AvgIpc) is 2.38. The van der Waals surface area contributed by atoms with Gasteiger partial charge in [0.2, 0.25) is 5.91 Å². The van der Waals surface area contributed by atoms with Crippen LogP contribution in [-0.4, -0.2) is 23.5 Å². The van der Waals surface area contributed by atoms with Gasteiger partial charge in [-0.3, -0.25) is 9.59 Å². The Kier molecular flexibility index (Phi) is 5.87. The van der Waals surface area contributed by atoms with Gasteiger partial charge in [0.1, 0.15) is 0 Å². The maximum Gasteiger partial charge on any atom is 0.258 e. The van der Waals surface area contributed by atoms with Crippen molar-refractivity contribution in [2.24, 2.45) is 23.1 Å². The first kappa shape index (κ1) is 17.1. The maximum absolute atomic E-state index is 12.1. The van der Waals surface area contributed by atoms with Crippen LogP contribution in [0.5, 0.6) is 0 Å². The highest BCUT2D eigenvalue weighted by Crippen LogP contribution is 2.10. The van der Waals surface area contributed by atoms with E-state index in [1.54, 1.807) is 0 Å². The third-order valence-corrected chi connectivity index (χ3v) is 3.17. The summed E-state index contributed by atoms with van der Waals surface area (Å²) in [6.07, 6.45) is 0.620. The molecule has 0 aliphatic heterocycles.